The Bertz CT molecular complexity index is 1180. The number of rotatable bonds is 0. The van der Waals surface area contributed by atoms with Crippen molar-refractivity contribution >= 4 is 0 Å². The molecule has 0 amide bonds. The van der Waals surface area contributed by atoms with Crippen molar-refractivity contribution in [1.82, 2.24) is 0 Å². The molecule has 0 bridgehead atoms. The molecule has 3 aromatic rings. The first-order chi connectivity index (χ1) is 13.5. The molecule has 0 aliphatic heterocycles. The Labute approximate surface area is 161 Å². The maximum atomic E-state index is 12.8. The van der Waals surface area contributed by atoms with Crippen molar-refractivity contribution in [2.45, 2.75) is 6.18 Å². The van der Waals surface area contributed by atoms with Crippen LogP contribution >= 0.6 is 0 Å². The highest BCUT2D eigenvalue weighted by atomic mass is 19.4. The fraction of sp³-hybridized carbons (Fsp3) is 0.0417. The average molecular weight is 371 g/mol. The molecule has 0 fully saturated rings. The summed E-state index contributed by atoms with van der Waals surface area (Å²) in [5, 5.41) is 9.14. The Kier molecular flexibility index (Phi) is 5.50. The van der Waals surface area contributed by atoms with E-state index in [1.54, 1.807) is 48.5 Å². The van der Waals surface area contributed by atoms with Crippen molar-refractivity contribution in [3.63, 3.8) is 0 Å². The number of alkyl halides is 3. The summed E-state index contributed by atoms with van der Waals surface area (Å²) < 4.78 is 38.5. The molecular formula is C24H12F3N. The van der Waals surface area contributed by atoms with E-state index in [1.165, 1.54) is 12.1 Å². The van der Waals surface area contributed by atoms with Gasteiger partial charge in [0.15, 0.2) is 0 Å². The van der Waals surface area contributed by atoms with Crippen LogP contribution in [0.3, 0.4) is 0 Å². The quantitative estimate of drug-likeness (QED) is 0.487. The first-order valence-corrected chi connectivity index (χ1v) is 8.27. The van der Waals surface area contributed by atoms with Gasteiger partial charge in [-0.15, -0.1) is 0 Å². The Morgan fingerprint density at radius 1 is 0.607 bits per heavy atom. The monoisotopic (exact) mass is 371 g/mol. The van der Waals surface area contributed by atoms with Gasteiger partial charge in [-0.3, -0.25) is 0 Å². The second-order valence-electron chi connectivity index (χ2n) is 5.78. The van der Waals surface area contributed by atoms with Crippen LogP contribution in [0.2, 0.25) is 0 Å². The number of nitriles is 1. The lowest BCUT2D eigenvalue weighted by Gasteiger charge is -2.05. The average Bonchev–Trinajstić information content (AvgIpc) is 2.71. The predicted octanol–water partition coefficient (Wildman–Crippen LogP) is 5.38. The summed E-state index contributed by atoms with van der Waals surface area (Å²) in [7, 11) is 0. The minimum Gasteiger partial charge on any atom is -0.192 e. The van der Waals surface area contributed by atoms with Gasteiger partial charge in [0.2, 0.25) is 0 Å². The fourth-order valence-electron chi connectivity index (χ4n) is 2.44. The lowest BCUT2D eigenvalue weighted by Crippen LogP contribution is -2.04. The molecule has 28 heavy (non-hydrogen) atoms. The van der Waals surface area contributed by atoms with Gasteiger partial charge in [0, 0.05) is 22.3 Å². The van der Waals surface area contributed by atoms with E-state index in [-0.39, 0.29) is 5.56 Å². The zero-order valence-corrected chi connectivity index (χ0v) is 14.5. The minimum atomic E-state index is -4.41. The standard InChI is InChI=1S/C24H12F3N/c25-24(26,27)23-11-5-6-18(16-23)12-13-19-7-1-2-8-20(19)14-15-21-9-3-4-10-22(21)17-28/h1-11,16H. The van der Waals surface area contributed by atoms with Gasteiger partial charge in [-0.2, -0.15) is 18.4 Å². The molecule has 4 heteroatoms. The van der Waals surface area contributed by atoms with E-state index in [0.717, 1.165) is 12.1 Å². The van der Waals surface area contributed by atoms with Gasteiger partial charge in [0.1, 0.15) is 6.07 Å². The Hall–Kier alpha value is -3.94. The summed E-state index contributed by atoms with van der Waals surface area (Å²) in [5.41, 5.74) is 1.85. The topological polar surface area (TPSA) is 23.8 Å². The molecule has 134 valence electrons. The van der Waals surface area contributed by atoms with Gasteiger partial charge in [-0.25, -0.2) is 0 Å². The SMILES string of the molecule is N#Cc1ccccc1C#Cc1ccccc1C#Cc1cccc(C(F)(F)F)c1. The third kappa shape index (κ3) is 4.61. The molecule has 1 nitrogen and oxygen atoms in total. The molecule has 0 spiro atoms. The molecule has 0 N–H and O–H groups in total. The number of nitrogens with zero attached hydrogens (tertiary/aromatic N) is 1. The molecule has 0 aliphatic rings. The van der Waals surface area contributed by atoms with E-state index >= 15 is 0 Å². The minimum absolute atomic E-state index is 0.271. The molecular weight excluding hydrogens is 359 g/mol. The van der Waals surface area contributed by atoms with E-state index in [0.29, 0.717) is 22.3 Å². The molecule has 0 saturated heterocycles. The predicted molar refractivity (Wildman–Crippen MR) is 101 cm³/mol. The van der Waals surface area contributed by atoms with E-state index in [2.05, 4.69) is 29.8 Å². The van der Waals surface area contributed by atoms with Crippen LogP contribution in [0, 0.1) is 35.0 Å². The molecule has 0 heterocycles. The number of hydrogen-bond acceptors (Lipinski definition) is 1. The molecule has 0 radical (unpaired) electrons. The van der Waals surface area contributed by atoms with E-state index < -0.39 is 11.7 Å². The highest BCUT2D eigenvalue weighted by Crippen LogP contribution is 2.29. The van der Waals surface area contributed by atoms with Crippen LogP contribution in [0.4, 0.5) is 13.2 Å². The van der Waals surface area contributed by atoms with Crippen LogP contribution in [-0.2, 0) is 6.18 Å². The zero-order valence-electron chi connectivity index (χ0n) is 14.5. The normalized spacial score (nSPS) is 10.1. The number of hydrogen-bond donors (Lipinski definition) is 0. The third-order valence-corrected chi connectivity index (χ3v) is 3.84. The van der Waals surface area contributed by atoms with Crippen molar-refractivity contribution in [3.8, 4) is 29.8 Å². The van der Waals surface area contributed by atoms with Crippen LogP contribution in [0.15, 0.2) is 72.8 Å². The molecule has 3 aromatic carbocycles. The van der Waals surface area contributed by atoms with Gasteiger partial charge in [-0.1, -0.05) is 54.0 Å². The lowest BCUT2D eigenvalue weighted by atomic mass is 10.1. The molecule has 0 atom stereocenters. The highest BCUT2D eigenvalue weighted by molar-refractivity contribution is 5.56. The summed E-state index contributed by atoms with van der Waals surface area (Å²) in [6.45, 7) is 0. The van der Waals surface area contributed by atoms with E-state index in [4.69, 9.17) is 5.26 Å². The van der Waals surface area contributed by atoms with Gasteiger partial charge in [-0.05, 0) is 42.5 Å². The molecule has 0 aromatic heterocycles. The smallest absolute Gasteiger partial charge is 0.192 e. The Morgan fingerprint density at radius 3 is 1.64 bits per heavy atom. The van der Waals surface area contributed by atoms with E-state index in [9.17, 15) is 13.2 Å². The summed E-state index contributed by atoms with van der Waals surface area (Å²) >= 11 is 0. The molecule has 0 unspecified atom stereocenters. The maximum absolute atomic E-state index is 12.8. The summed E-state index contributed by atoms with van der Waals surface area (Å²) in [5.74, 6) is 11.6. The molecule has 3 rings (SSSR count). The number of benzene rings is 3. The Morgan fingerprint density at radius 2 is 1.11 bits per heavy atom. The summed E-state index contributed by atoms with van der Waals surface area (Å²) in [6.07, 6.45) is -4.41. The van der Waals surface area contributed by atoms with Crippen LogP contribution in [0.1, 0.15) is 33.4 Å². The van der Waals surface area contributed by atoms with Gasteiger partial charge >= 0.3 is 6.18 Å². The van der Waals surface area contributed by atoms with Crippen molar-refractivity contribution in [1.29, 1.82) is 5.26 Å². The van der Waals surface area contributed by atoms with Gasteiger partial charge in [0.05, 0.1) is 11.1 Å². The van der Waals surface area contributed by atoms with Crippen molar-refractivity contribution in [3.05, 3.63) is 106 Å². The van der Waals surface area contributed by atoms with Crippen molar-refractivity contribution < 1.29 is 13.2 Å². The first kappa shape index (κ1) is 18.8. The summed E-state index contributed by atoms with van der Waals surface area (Å²) in [6, 6.07) is 21.1. The van der Waals surface area contributed by atoms with Crippen molar-refractivity contribution in [2.75, 3.05) is 0 Å². The highest BCUT2D eigenvalue weighted by Gasteiger charge is 2.30. The first-order valence-electron chi connectivity index (χ1n) is 8.27. The second kappa shape index (κ2) is 8.17. The molecule has 0 aliphatic carbocycles. The van der Waals surface area contributed by atoms with Crippen LogP contribution in [0.5, 0.6) is 0 Å². The zero-order chi connectivity index (χ0) is 20.0. The molecule has 0 saturated carbocycles. The number of halogens is 3. The third-order valence-electron chi connectivity index (χ3n) is 3.84. The largest absolute Gasteiger partial charge is 0.416 e. The van der Waals surface area contributed by atoms with Gasteiger partial charge < -0.3 is 0 Å². The van der Waals surface area contributed by atoms with Crippen LogP contribution in [0.25, 0.3) is 0 Å². The van der Waals surface area contributed by atoms with Gasteiger partial charge in [0.25, 0.3) is 0 Å². The van der Waals surface area contributed by atoms with Crippen molar-refractivity contribution in [2.24, 2.45) is 0 Å². The van der Waals surface area contributed by atoms with E-state index in [1.807, 2.05) is 0 Å². The maximum Gasteiger partial charge on any atom is 0.416 e. The summed E-state index contributed by atoms with van der Waals surface area (Å²) in [4.78, 5) is 0. The second-order valence-corrected chi connectivity index (χ2v) is 5.78. The fourth-order valence-corrected chi connectivity index (χ4v) is 2.44. The van der Waals surface area contributed by atoms with Crippen LogP contribution in [-0.4, -0.2) is 0 Å². The van der Waals surface area contributed by atoms with Crippen LogP contribution < -0.4 is 0 Å². The lowest BCUT2D eigenvalue weighted by molar-refractivity contribution is -0.137. The Balaban J connectivity index is 1.95.